The minimum absolute atomic E-state index is 0.0108. The van der Waals surface area contributed by atoms with Crippen LogP contribution >= 0.6 is 0 Å². The molecule has 0 radical (unpaired) electrons. The zero-order valence-corrected chi connectivity index (χ0v) is 11.9. The number of pyridine rings is 1. The summed E-state index contributed by atoms with van der Waals surface area (Å²) in [6, 6.07) is 2.25. The highest BCUT2D eigenvalue weighted by molar-refractivity contribution is 5.89. The van der Waals surface area contributed by atoms with E-state index in [1.807, 2.05) is 0 Å². The lowest BCUT2D eigenvalue weighted by Gasteiger charge is -2.19. The van der Waals surface area contributed by atoms with Gasteiger partial charge in [-0.05, 0) is 32.7 Å². The molecule has 0 aliphatic heterocycles. The van der Waals surface area contributed by atoms with Gasteiger partial charge in [0.05, 0.1) is 24.2 Å². The van der Waals surface area contributed by atoms with Gasteiger partial charge in [-0.15, -0.1) is 5.10 Å². The van der Waals surface area contributed by atoms with Crippen LogP contribution in [0, 0.1) is 0 Å². The number of carbonyl (C=O) groups excluding carboxylic acids is 1. The number of rotatable bonds is 3. The van der Waals surface area contributed by atoms with Gasteiger partial charge in [0.1, 0.15) is 5.60 Å². The van der Waals surface area contributed by atoms with Crippen molar-refractivity contribution in [1.82, 2.24) is 29.8 Å². The van der Waals surface area contributed by atoms with Gasteiger partial charge in [0, 0.05) is 18.5 Å². The highest BCUT2D eigenvalue weighted by Gasteiger charge is 2.18. The number of hydrogen-bond donors (Lipinski definition) is 1. The largest absolute Gasteiger partial charge is 0.456 e. The molecule has 0 atom stereocenters. The molecule has 9 nitrogen and oxygen atoms in total. The lowest BCUT2D eigenvalue weighted by Crippen LogP contribution is -2.24. The number of nitrogens with one attached hydrogen (secondary N) is 1. The summed E-state index contributed by atoms with van der Waals surface area (Å²) >= 11 is 0. The minimum Gasteiger partial charge on any atom is -0.456 e. The first kappa shape index (κ1) is 8.04. The van der Waals surface area contributed by atoms with E-state index in [1.165, 1.54) is 29.3 Å². The Hall–Kier alpha value is -3.23. The lowest BCUT2D eigenvalue weighted by atomic mass is 10.2. The van der Waals surface area contributed by atoms with Crippen molar-refractivity contribution in [2.24, 2.45) is 0 Å². The van der Waals surface area contributed by atoms with E-state index in [1.54, 1.807) is 0 Å². The quantitative estimate of drug-likeness (QED) is 0.717. The molecule has 0 fully saturated rings. The van der Waals surface area contributed by atoms with Gasteiger partial charge in [0.25, 0.3) is 5.56 Å². The van der Waals surface area contributed by atoms with E-state index < -0.39 is 43.2 Å². The molecule has 124 valence electrons. The summed E-state index contributed by atoms with van der Waals surface area (Å²) in [6.07, 6.45) is 5.02. The Bertz CT molecular complexity index is 1150. The molecular weight excluding hydrogens is 312 g/mol. The van der Waals surface area contributed by atoms with Crippen molar-refractivity contribution in [3.05, 3.63) is 52.8 Å². The molecule has 3 rings (SSSR count). The standard InChI is InChI=1S/C15H16N6O3/c1-15(2,3)24-14(23)10-4-5-12(16-8-10)21-13(22)11(9-18-21)20-7-6-17-19-20/h4-9,18H,1-3H3/i1D3,2D3,3D3. The number of hydrogen-bond acceptors (Lipinski definition) is 6. The van der Waals surface area contributed by atoms with Crippen molar-refractivity contribution < 1.29 is 21.9 Å². The normalized spacial score (nSPS) is 18.6. The Morgan fingerprint density at radius 3 is 2.83 bits per heavy atom. The van der Waals surface area contributed by atoms with Crippen molar-refractivity contribution in [3.63, 3.8) is 0 Å². The Morgan fingerprint density at radius 1 is 1.38 bits per heavy atom. The molecule has 0 bridgehead atoms. The van der Waals surface area contributed by atoms with Crippen molar-refractivity contribution in [3.8, 4) is 11.5 Å². The third kappa shape index (κ3) is 3.09. The molecule has 3 aromatic rings. The van der Waals surface area contributed by atoms with Crippen LogP contribution in [0.5, 0.6) is 0 Å². The topological polar surface area (TPSA) is 108 Å². The zero-order valence-electron chi connectivity index (χ0n) is 20.9. The van der Waals surface area contributed by atoms with E-state index in [0.717, 1.165) is 16.9 Å². The van der Waals surface area contributed by atoms with Crippen LogP contribution in [0.4, 0.5) is 0 Å². The predicted molar refractivity (Wildman–Crippen MR) is 84.3 cm³/mol. The SMILES string of the molecule is [2H]C([2H])([2H])C(OC(=O)c1ccc(-n2[nH]cc(-n3ccnn3)c2=O)nc1)(C([2H])([2H])[2H])C([2H])([2H])[2H]. The van der Waals surface area contributed by atoms with Gasteiger partial charge in [-0.25, -0.2) is 14.5 Å². The van der Waals surface area contributed by atoms with E-state index in [2.05, 4.69) is 25.1 Å². The number of carbonyl (C=O) groups is 1. The van der Waals surface area contributed by atoms with Crippen LogP contribution < -0.4 is 5.56 Å². The highest BCUT2D eigenvalue weighted by Crippen LogP contribution is 2.12. The molecule has 24 heavy (non-hydrogen) atoms. The molecule has 0 unspecified atom stereocenters. The van der Waals surface area contributed by atoms with Crippen LogP contribution in [-0.2, 0) is 4.74 Å². The third-order valence-electron chi connectivity index (χ3n) is 2.88. The average Bonchev–Trinajstić information content (AvgIpc) is 3.32. The second-order valence-corrected chi connectivity index (χ2v) is 4.62. The number of nitrogens with zero attached hydrogens (tertiary/aromatic N) is 5. The maximum absolute atomic E-state index is 12.6. The van der Waals surface area contributed by atoms with E-state index in [0.29, 0.717) is 0 Å². The van der Waals surface area contributed by atoms with Gasteiger partial charge in [-0.2, -0.15) is 4.68 Å². The minimum atomic E-state index is -3.77. The van der Waals surface area contributed by atoms with Gasteiger partial charge < -0.3 is 4.74 Å². The molecule has 0 aromatic carbocycles. The second kappa shape index (κ2) is 5.76. The summed E-state index contributed by atoms with van der Waals surface area (Å²) in [5.74, 6) is -1.52. The van der Waals surface area contributed by atoms with Gasteiger partial charge in [-0.3, -0.25) is 9.89 Å². The number of aromatic nitrogens is 6. The second-order valence-electron chi connectivity index (χ2n) is 4.62. The summed E-state index contributed by atoms with van der Waals surface area (Å²) in [5, 5.41) is 9.94. The van der Waals surface area contributed by atoms with Crippen LogP contribution in [0.1, 0.15) is 43.3 Å². The van der Waals surface area contributed by atoms with Gasteiger partial charge in [0.2, 0.25) is 0 Å². The number of aromatic amines is 1. The monoisotopic (exact) mass is 337 g/mol. The van der Waals surface area contributed by atoms with Crippen LogP contribution in [-0.4, -0.2) is 41.3 Å². The van der Waals surface area contributed by atoms with Crippen molar-refractivity contribution in [1.29, 1.82) is 0 Å². The van der Waals surface area contributed by atoms with Crippen LogP contribution in [0.3, 0.4) is 0 Å². The van der Waals surface area contributed by atoms with E-state index >= 15 is 0 Å². The molecule has 0 saturated heterocycles. The molecular formula is C15H16N6O3. The fraction of sp³-hybridized carbons (Fsp3) is 0.267. The van der Waals surface area contributed by atoms with Crippen LogP contribution in [0.2, 0.25) is 0 Å². The van der Waals surface area contributed by atoms with Crippen molar-refractivity contribution in [2.75, 3.05) is 0 Å². The van der Waals surface area contributed by atoms with Gasteiger partial charge in [0.15, 0.2) is 11.5 Å². The fourth-order valence-electron chi connectivity index (χ4n) is 1.87. The lowest BCUT2D eigenvalue weighted by molar-refractivity contribution is 0.00691. The highest BCUT2D eigenvalue weighted by atomic mass is 16.6. The molecule has 1 N–H and O–H groups in total. The molecule has 3 heterocycles. The zero-order chi connectivity index (χ0) is 24.8. The van der Waals surface area contributed by atoms with Crippen molar-refractivity contribution in [2.45, 2.75) is 26.2 Å². The Balaban J connectivity index is 1.94. The maximum atomic E-state index is 12.6. The first-order valence-corrected chi connectivity index (χ1v) is 6.47. The molecule has 0 aliphatic rings. The Kier molecular flexibility index (Phi) is 1.93. The Morgan fingerprint density at radius 2 is 2.21 bits per heavy atom. The summed E-state index contributed by atoms with van der Waals surface area (Å²) in [4.78, 5) is 29.0. The molecule has 3 aromatic heterocycles. The molecule has 0 saturated carbocycles. The van der Waals surface area contributed by atoms with Gasteiger partial charge >= 0.3 is 5.97 Å². The van der Waals surface area contributed by atoms with E-state index in [-0.39, 0.29) is 11.5 Å². The first-order valence-electron chi connectivity index (χ1n) is 11.0. The first-order chi connectivity index (χ1) is 15.1. The summed E-state index contributed by atoms with van der Waals surface area (Å²) in [7, 11) is 0. The number of ether oxygens (including phenoxy) is 1. The van der Waals surface area contributed by atoms with E-state index in [9.17, 15) is 9.59 Å². The van der Waals surface area contributed by atoms with Crippen LogP contribution in [0.25, 0.3) is 11.5 Å². The molecule has 0 spiro atoms. The smallest absolute Gasteiger partial charge is 0.340 e. The number of esters is 1. The fourth-order valence-corrected chi connectivity index (χ4v) is 1.87. The predicted octanol–water partition coefficient (Wildman–Crippen LogP) is 1.10. The average molecular weight is 337 g/mol. The number of H-pyrrole nitrogens is 1. The van der Waals surface area contributed by atoms with Gasteiger partial charge in [-0.1, -0.05) is 5.21 Å². The molecule has 9 heteroatoms. The Labute approximate surface area is 149 Å². The summed E-state index contributed by atoms with van der Waals surface area (Å²) < 4.78 is 74.4. The molecule has 0 amide bonds. The summed E-state index contributed by atoms with van der Waals surface area (Å²) in [5.41, 5.74) is -4.65. The van der Waals surface area contributed by atoms with Crippen molar-refractivity contribution >= 4 is 5.97 Å². The summed E-state index contributed by atoms with van der Waals surface area (Å²) in [6.45, 7) is -11.1. The maximum Gasteiger partial charge on any atom is 0.340 e. The van der Waals surface area contributed by atoms with Crippen LogP contribution in [0.15, 0.2) is 41.7 Å². The third-order valence-corrected chi connectivity index (χ3v) is 2.88. The van der Waals surface area contributed by atoms with E-state index in [4.69, 9.17) is 12.3 Å². The molecule has 0 aliphatic carbocycles.